The summed E-state index contributed by atoms with van der Waals surface area (Å²) >= 11 is 3.27. The average molecular weight is 334 g/mol. The lowest BCUT2D eigenvalue weighted by Gasteiger charge is -2.24. The molecule has 0 bridgehead atoms. The summed E-state index contributed by atoms with van der Waals surface area (Å²) in [6, 6.07) is 6.35. The molecule has 18 heavy (non-hydrogen) atoms. The maximum Gasteiger partial charge on any atom is 0.243 e. The van der Waals surface area contributed by atoms with Crippen LogP contribution in [0.25, 0.3) is 0 Å². The van der Waals surface area contributed by atoms with Crippen LogP contribution in [0, 0.1) is 5.92 Å². The molecule has 0 aliphatic carbocycles. The molecule has 0 saturated carbocycles. The first-order chi connectivity index (χ1) is 8.46. The topological polar surface area (TPSA) is 57.6 Å². The van der Waals surface area contributed by atoms with Gasteiger partial charge in [-0.2, -0.15) is 4.31 Å². The van der Waals surface area contributed by atoms with Gasteiger partial charge in [0.15, 0.2) is 0 Å². The largest absolute Gasteiger partial charge is 0.395 e. The van der Waals surface area contributed by atoms with Crippen LogP contribution in [0.5, 0.6) is 0 Å². The molecule has 1 aliphatic heterocycles. The molecule has 1 fully saturated rings. The van der Waals surface area contributed by atoms with E-state index in [9.17, 15) is 13.5 Å². The summed E-state index contributed by atoms with van der Waals surface area (Å²) in [4.78, 5) is 0.268. The normalized spacial score (nSPS) is 25.5. The highest BCUT2D eigenvalue weighted by atomic mass is 79.9. The number of halogens is 1. The molecule has 1 aliphatic rings. The van der Waals surface area contributed by atoms with Gasteiger partial charge in [0.1, 0.15) is 0 Å². The molecule has 1 aromatic carbocycles. The van der Waals surface area contributed by atoms with Crippen LogP contribution in [0.4, 0.5) is 0 Å². The maximum absolute atomic E-state index is 12.5. The standard InChI is InChI=1S/C12H16BrNO3S/c1-9-5-6-14(12(9)8-15)18(16,17)11-4-2-3-10(13)7-11/h2-4,7,9,12,15H,5-6,8H2,1H3. The maximum atomic E-state index is 12.5. The number of benzene rings is 1. The van der Waals surface area contributed by atoms with Crippen molar-refractivity contribution in [1.29, 1.82) is 0 Å². The van der Waals surface area contributed by atoms with Gasteiger partial charge in [-0.15, -0.1) is 0 Å². The highest BCUT2D eigenvalue weighted by molar-refractivity contribution is 9.10. The molecule has 0 radical (unpaired) electrons. The first-order valence-electron chi connectivity index (χ1n) is 5.85. The second-order valence-electron chi connectivity index (χ2n) is 4.59. The summed E-state index contributed by atoms with van der Waals surface area (Å²) in [7, 11) is -3.51. The number of sulfonamides is 1. The summed E-state index contributed by atoms with van der Waals surface area (Å²) in [6.45, 7) is 2.31. The van der Waals surface area contributed by atoms with Gasteiger partial charge in [0, 0.05) is 11.0 Å². The van der Waals surface area contributed by atoms with E-state index in [0.29, 0.717) is 6.54 Å². The average Bonchev–Trinajstić information content (AvgIpc) is 2.71. The van der Waals surface area contributed by atoms with Crippen LogP contribution in [-0.2, 0) is 10.0 Å². The smallest absolute Gasteiger partial charge is 0.243 e. The molecule has 2 rings (SSSR count). The molecular formula is C12H16BrNO3S. The Bertz CT molecular complexity index is 532. The van der Waals surface area contributed by atoms with Crippen molar-refractivity contribution < 1.29 is 13.5 Å². The van der Waals surface area contributed by atoms with Gasteiger partial charge in [-0.3, -0.25) is 0 Å². The molecule has 2 atom stereocenters. The second-order valence-corrected chi connectivity index (χ2v) is 7.40. The third kappa shape index (κ3) is 2.47. The number of hydrogen-bond acceptors (Lipinski definition) is 3. The van der Waals surface area contributed by atoms with E-state index in [2.05, 4.69) is 15.9 Å². The van der Waals surface area contributed by atoms with E-state index in [4.69, 9.17) is 0 Å². The summed E-state index contributed by atoms with van der Waals surface area (Å²) in [5, 5.41) is 9.36. The van der Waals surface area contributed by atoms with E-state index in [0.717, 1.165) is 10.9 Å². The lowest BCUT2D eigenvalue weighted by atomic mass is 10.0. The first kappa shape index (κ1) is 14.0. The van der Waals surface area contributed by atoms with Crippen molar-refractivity contribution in [1.82, 2.24) is 4.31 Å². The van der Waals surface area contributed by atoms with Gasteiger partial charge in [0.2, 0.25) is 10.0 Å². The molecule has 6 heteroatoms. The van der Waals surface area contributed by atoms with Gasteiger partial charge in [0.05, 0.1) is 17.5 Å². The minimum Gasteiger partial charge on any atom is -0.395 e. The highest BCUT2D eigenvalue weighted by Gasteiger charge is 2.39. The molecule has 1 heterocycles. The number of hydrogen-bond donors (Lipinski definition) is 1. The van der Waals surface area contributed by atoms with E-state index in [1.807, 2.05) is 6.92 Å². The fraction of sp³-hybridized carbons (Fsp3) is 0.500. The fourth-order valence-corrected chi connectivity index (χ4v) is 4.63. The van der Waals surface area contributed by atoms with E-state index >= 15 is 0 Å². The van der Waals surface area contributed by atoms with Crippen LogP contribution in [0.2, 0.25) is 0 Å². The van der Waals surface area contributed by atoms with Crippen molar-refractivity contribution >= 4 is 26.0 Å². The van der Waals surface area contributed by atoms with Crippen molar-refractivity contribution in [2.75, 3.05) is 13.2 Å². The van der Waals surface area contributed by atoms with E-state index in [-0.39, 0.29) is 23.5 Å². The molecule has 0 amide bonds. The van der Waals surface area contributed by atoms with E-state index < -0.39 is 10.0 Å². The molecule has 1 N–H and O–H groups in total. The number of rotatable bonds is 3. The van der Waals surface area contributed by atoms with Crippen LogP contribution >= 0.6 is 15.9 Å². The summed E-state index contributed by atoms with van der Waals surface area (Å²) in [6.07, 6.45) is 0.790. The predicted molar refractivity (Wildman–Crippen MR) is 72.7 cm³/mol. The van der Waals surface area contributed by atoms with Crippen molar-refractivity contribution in [3.8, 4) is 0 Å². The lowest BCUT2D eigenvalue weighted by Crippen LogP contribution is -2.39. The zero-order valence-corrected chi connectivity index (χ0v) is 12.5. The van der Waals surface area contributed by atoms with Gasteiger partial charge in [0.25, 0.3) is 0 Å². The molecule has 0 spiro atoms. The van der Waals surface area contributed by atoms with Gasteiger partial charge in [-0.1, -0.05) is 28.9 Å². The number of nitrogens with zero attached hydrogens (tertiary/aromatic N) is 1. The van der Waals surface area contributed by atoms with E-state index in [1.165, 1.54) is 4.31 Å². The molecule has 4 nitrogen and oxygen atoms in total. The Balaban J connectivity index is 2.37. The molecule has 1 saturated heterocycles. The second kappa shape index (κ2) is 5.28. The van der Waals surface area contributed by atoms with Crippen LogP contribution in [-0.4, -0.2) is 37.0 Å². The predicted octanol–water partition coefficient (Wildman–Crippen LogP) is 1.84. The Labute approximate surface area is 116 Å². The summed E-state index contributed by atoms with van der Waals surface area (Å²) < 4.78 is 27.1. The van der Waals surface area contributed by atoms with Crippen LogP contribution in [0.15, 0.2) is 33.6 Å². The monoisotopic (exact) mass is 333 g/mol. The van der Waals surface area contributed by atoms with Gasteiger partial charge in [-0.05, 0) is 30.5 Å². The summed E-state index contributed by atoms with van der Waals surface area (Å²) in [5.74, 6) is 0.192. The fourth-order valence-electron chi connectivity index (χ4n) is 2.31. The van der Waals surface area contributed by atoms with E-state index in [1.54, 1.807) is 24.3 Å². The Morgan fingerprint density at radius 2 is 2.22 bits per heavy atom. The first-order valence-corrected chi connectivity index (χ1v) is 8.08. The zero-order valence-electron chi connectivity index (χ0n) is 10.1. The molecule has 0 aromatic heterocycles. The van der Waals surface area contributed by atoms with Crippen LogP contribution < -0.4 is 0 Å². The zero-order chi connectivity index (χ0) is 13.3. The van der Waals surface area contributed by atoms with Crippen molar-refractivity contribution in [3.63, 3.8) is 0 Å². The van der Waals surface area contributed by atoms with Crippen LogP contribution in [0.3, 0.4) is 0 Å². The molecular weight excluding hydrogens is 318 g/mol. The van der Waals surface area contributed by atoms with Gasteiger partial charge < -0.3 is 5.11 Å². The van der Waals surface area contributed by atoms with Crippen LogP contribution in [0.1, 0.15) is 13.3 Å². The highest BCUT2D eigenvalue weighted by Crippen LogP contribution is 2.30. The van der Waals surface area contributed by atoms with Gasteiger partial charge >= 0.3 is 0 Å². The Hall–Kier alpha value is -0.430. The van der Waals surface area contributed by atoms with Crippen molar-refractivity contribution in [2.45, 2.75) is 24.3 Å². The minimum absolute atomic E-state index is 0.131. The SMILES string of the molecule is CC1CCN(S(=O)(=O)c2cccc(Br)c2)C1CO. The molecule has 1 aromatic rings. The quantitative estimate of drug-likeness (QED) is 0.918. The number of aliphatic hydroxyl groups excluding tert-OH is 1. The number of aliphatic hydroxyl groups is 1. The minimum atomic E-state index is -3.51. The third-order valence-electron chi connectivity index (χ3n) is 3.42. The molecule has 100 valence electrons. The van der Waals surface area contributed by atoms with Crippen molar-refractivity contribution in [2.24, 2.45) is 5.92 Å². The third-order valence-corrected chi connectivity index (χ3v) is 5.84. The van der Waals surface area contributed by atoms with Crippen molar-refractivity contribution in [3.05, 3.63) is 28.7 Å². The Kier molecular flexibility index (Phi) is 4.11. The summed E-state index contributed by atoms with van der Waals surface area (Å²) in [5.41, 5.74) is 0. The Morgan fingerprint density at radius 3 is 2.83 bits per heavy atom. The molecule has 2 unspecified atom stereocenters. The lowest BCUT2D eigenvalue weighted by molar-refractivity contribution is 0.191. The van der Waals surface area contributed by atoms with Gasteiger partial charge in [-0.25, -0.2) is 8.42 Å². The Morgan fingerprint density at radius 1 is 1.50 bits per heavy atom.